The summed E-state index contributed by atoms with van der Waals surface area (Å²) in [7, 11) is -3.52. The zero-order valence-corrected chi connectivity index (χ0v) is 19.3. The predicted octanol–water partition coefficient (Wildman–Crippen LogP) is 3.24. The molecule has 0 aliphatic carbocycles. The van der Waals surface area contributed by atoms with Crippen LogP contribution in [0.3, 0.4) is 0 Å². The molecule has 1 unspecified atom stereocenters. The van der Waals surface area contributed by atoms with Gasteiger partial charge in [0.15, 0.2) is 5.13 Å². The molecule has 1 aromatic heterocycles. The van der Waals surface area contributed by atoms with Crippen LogP contribution in [0.5, 0.6) is 0 Å². The van der Waals surface area contributed by atoms with Gasteiger partial charge in [0, 0.05) is 26.2 Å². The standard InChI is InChI=1S/C20H26F3N3O4S2/c1-16(30-15-17-5-3-2-4-6-17)14-29-11-12-32(27,28)26-9-7-25(8-10-26)19-24-13-18(31-19)20(21,22)23/h2-6,13,16H,7-12,14-15H2,1H3. The number of ether oxygens (including phenoxy) is 2. The molecule has 1 saturated heterocycles. The van der Waals surface area contributed by atoms with Crippen LogP contribution in [-0.4, -0.2) is 69.0 Å². The van der Waals surface area contributed by atoms with Crippen LogP contribution < -0.4 is 4.90 Å². The highest BCUT2D eigenvalue weighted by atomic mass is 32.2. The molecule has 1 fully saturated rings. The van der Waals surface area contributed by atoms with E-state index in [2.05, 4.69) is 4.98 Å². The van der Waals surface area contributed by atoms with Gasteiger partial charge in [0.25, 0.3) is 0 Å². The molecule has 1 aliphatic heterocycles. The summed E-state index contributed by atoms with van der Waals surface area (Å²) in [6.07, 6.45) is -3.79. The molecule has 0 bridgehead atoms. The number of thiazole rings is 1. The van der Waals surface area contributed by atoms with Gasteiger partial charge in [0.2, 0.25) is 10.0 Å². The molecule has 12 heteroatoms. The van der Waals surface area contributed by atoms with E-state index in [9.17, 15) is 21.6 Å². The quantitative estimate of drug-likeness (QED) is 0.474. The molecule has 1 aromatic carbocycles. The first-order valence-corrected chi connectivity index (χ1v) is 12.6. The Labute approximate surface area is 189 Å². The molecule has 178 valence electrons. The first-order chi connectivity index (χ1) is 15.1. The number of alkyl halides is 3. The first kappa shape index (κ1) is 24.9. The summed E-state index contributed by atoms with van der Waals surface area (Å²) in [5.41, 5.74) is 1.05. The molecular formula is C20H26F3N3O4S2. The van der Waals surface area contributed by atoms with Crippen molar-refractivity contribution in [1.82, 2.24) is 9.29 Å². The Bertz CT molecular complexity index is 946. The fraction of sp³-hybridized carbons (Fsp3) is 0.550. The maximum absolute atomic E-state index is 12.7. The van der Waals surface area contributed by atoms with Crippen molar-refractivity contribution in [3.05, 3.63) is 47.0 Å². The number of anilines is 1. The van der Waals surface area contributed by atoms with Crippen molar-refractivity contribution >= 4 is 26.5 Å². The van der Waals surface area contributed by atoms with Crippen molar-refractivity contribution in [1.29, 1.82) is 0 Å². The predicted molar refractivity (Wildman–Crippen MR) is 116 cm³/mol. The molecule has 3 rings (SSSR count). The van der Waals surface area contributed by atoms with E-state index in [1.165, 1.54) is 4.31 Å². The van der Waals surface area contributed by atoms with Crippen molar-refractivity contribution in [3.8, 4) is 0 Å². The molecule has 0 amide bonds. The van der Waals surface area contributed by atoms with Gasteiger partial charge in [-0.15, -0.1) is 0 Å². The highest BCUT2D eigenvalue weighted by Crippen LogP contribution is 2.36. The SMILES string of the molecule is CC(COCCS(=O)(=O)N1CCN(c2ncc(C(F)(F)F)s2)CC1)OCc1ccccc1. The zero-order chi connectivity index (χ0) is 23.2. The van der Waals surface area contributed by atoms with Crippen LogP contribution >= 0.6 is 11.3 Å². The first-order valence-electron chi connectivity index (χ1n) is 10.1. The van der Waals surface area contributed by atoms with Crippen molar-refractivity contribution in [2.45, 2.75) is 25.8 Å². The third-order valence-corrected chi connectivity index (χ3v) is 7.83. The molecule has 32 heavy (non-hydrogen) atoms. The number of benzene rings is 1. The average Bonchev–Trinajstić information content (AvgIpc) is 3.27. The monoisotopic (exact) mass is 493 g/mol. The minimum atomic E-state index is -4.43. The van der Waals surface area contributed by atoms with Gasteiger partial charge >= 0.3 is 6.18 Å². The summed E-state index contributed by atoms with van der Waals surface area (Å²) in [5.74, 6) is -0.159. The van der Waals surface area contributed by atoms with E-state index < -0.39 is 21.1 Å². The van der Waals surface area contributed by atoms with Crippen molar-refractivity contribution in [2.24, 2.45) is 0 Å². The zero-order valence-electron chi connectivity index (χ0n) is 17.6. The molecule has 0 radical (unpaired) electrons. The number of sulfonamides is 1. The Hall–Kier alpha value is -1.73. The van der Waals surface area contributed by atoms with Gasteiger partial charge in [-0.1, -0.05) is 41.7 Å². The molecule has 1 aliphatic rings. The topological polar surface area (TPSA) is 72.0 Å². The Morgan fingerprint density at radius 3 is 2.47 bits per heavy atom. The molecule has 0 saturated carbocycles. The molecule has 2 aromatic rings. The summed E-state index contributed by atoms with van der Waals surface area (Å²) in [5, 5.41) is 0.252. The van der Waals surface area contributed by atoms with Crippen molar-refractivity contribution < 1.29 is 31.1 Å². The molecule has 7 nitrogen and oxygen atoms in total. The summed E-state index contributed by atoms with van der Waals surface area (Å²) in [6.45, 7) is 3.60. The maximum atomic E-state index is 12.7. The largest absolute Gasteiger partial charge is 0.427 e. The van der Waals surface area contributed by atoms with Crippen LogP contribution in [0, 0.1) is 0 Å². The Morgan fingerprint density at radius 1 is 1.16 bits per heavy atom. The lowest BCUT2D eigenvalue weighted by Gasteiger charge is -2.33. The highest BCUT2D eigenvalue weighted by Gasteiger charge is 2.35. The number of nitrogens with zero attached hydrogens (tertiary/aromatic N) is 3. The van der Waals surface area contributed by atoms with Crippen LogP contribution in [-0.2, 0) is 32.3 Å². The van der Waals surface area contributed by atoms with Gasteiger partial charge in [0.1, 0.15) is 4.88 Å². The van der Waals surface area contributed by atoms with Crippen LogP contribution in [0.25, 0.3) is 0 Å². The normalized spacial score (nSPS) is 16.9. The Balaban J connectivity index is 1.36. The van der Waals surface area contributed by atoms with Crippen LogP contribution in [0.15, 0.2) is 36.5 Å². The van der Waals surface area contributed by atoms with Gasteiger partial charge in [0.05, 0.1) is 37.9 Å². The lowest BCUT2D eigenvalue weighted by Crippen LogP contribution is -2.49. The molecule has 1 atom stereocenters. The summed E-state index contributed by atoms with van der Waals surface area (Å²) in [4.78, 5) is 4.74. The summed E-state index contributed by atoms with van der Waals surface area (Å²) < 4.78 is 75.9. The number of hydrogen-bond acceptors (Lipinski definition) is 7. The van der Waals surface area contributed by atoms with Gasteiger partial charge in [-0.3, -0.25) is 0 Å². The number of piperazine rings is 1. The lowest BCUT2D eigenvalue weighted by molar-refractivity contribution is -0.134. The lowest BCUT2D eigenvalue weighted by atomic mass is 10.2. The van der Waals surface area contributed by atoms with E-state index >= 15 is 0 Å². The van der Waals surface area contributed by atoms with Crippen LogP contribution in [0.2, 0.25) is 0 Å². The second-order valence-electron chi connectivity index (χ2n) is 7.39. The third kappa shape index (κ3) is 7.14. The van der Waals surface area contributed by atoms with E-state index in [0.717, 1.165) is 11.8 Å². The molecule has 2 heterocycles. The number of halogens is 3. The third-order valence-electron chi connectivity index (χ3n) is 4.89. The maximum Gasteiger partial charge on any atom is 0.427 e. The van der Waals surface area contributed by atoms with E-state index in [4.69, 9.17) is 9.47 Å². The summed E-state index contributed by atoms with van der Waals surface area (Å²) >= 11 is 0.567. The van der Waals surface area contributed by atoms with Gasteiger partial charge in [-0.2, -0.15) is 17.5 Å². The molecule has 0 spiro atoms. The highest BCUT2D eigenvalue weighted by molar-refractivity contribution is 7.89. The minimum Gasteiger partial charge on any atom is -0.378 e. The van der Waals surface area contributed by atoms with E-state index in [1.807, 2.05) is 37.3 Å². The van der Waals surface area contributed by atoms with E-state index in [-0.39, 0.29) is 56.4 Å². The fourth-order valence-electron chi connectivity index (χ4n) is 3.10. The number of hydrogen-bond donors (Lipinski definition) is 0. The average molecular weight is 494 g/mol. The van der Waals surface area contributed by atoms with Crippen LogP contribution in [0.1, 0.15) is 17.4 Å². The smallest absolute Gasteiger partial charge is 0.378 e. The minimum absolute atomic E-state index is 0.0447. The molecule has 0 N–H and O–H groups in total. The number of rotatable bonds is 10. The fourth-order valence-corrected chi connectivity index (χ4v) is 5.24. The Kier molecular flexibility index (Phi) is 8.50. The summed E-state index contributed by atoms with van der Waals surface area (Å²) in [6, 6.07) is 9.72. The van der Waals surface area contributed by atoms with Gasteiger partial charge in [-0.05, 0) is 12.5 Å². The van der Waals surface area contributed by atoms with Crippen LogP contribution in [0.4, 0.5) is 18.3 Å². The van der Waals surface area contributed by atoms with E-state index in [0.29, 0.717) is 17.9 Å². The van der Waals surface area contributed by atoms with Crippen molar-refractivity contribution in [2.75, 3.05) is 50.0 Å². The molecular weight excluding hydrogens is 467 g/mol. The van der Waals surface area contributed by atoms with Crippen molar-refractivity contribution in [3.63, 3.8) is 0 Å². The number of aromatic nitrogens is 1. The van der Waals surface area contributed by atoms with Gasteiger partial charge < -0.3 is 14.4 Å². The van der Waals surface area contributed by atoms with E-state index in [1.54, 1.807) is 4.90 Å². The second kappa shape index (κ2) is 10.9. The second-order valence-corrected chi connectivity index (χ2v) is 10.5. The Morgan fingerprint density at radius 2 is 1.84 bits per heavy atom. The van der Waals surface area contributed by atoms with Gasteiger partial charge in [-0.25, -0.2) is 13.4 Å².